The van der Waals surface area contributed by atoms with Crippen molar-refractivity contribution >= 4 is 5.69 Å². The quantitative estimate of drug-likeness (QED) is 0.884. The number of anilines is 1. The summed E-state index contributed by atoms with van der Waals surface area (Å²) >= 11 is 0. The molecule has 0 saturated carbocycles. The summed E-state index contributed by atoms with van der Waals surface area (Å²) in [5.41, 5.74) is 3.82. The fourth-order valence-electron chi connectivity index (χ4n) is 1.96. The Morgan fingerprint density at radius 1 is 1.21 bits per heavy atom. The van der Waals surface area contributed by atoms with E-state index in [9.17, 15) is 0 Å². The molecule has 1 N–H and O–H groups in total. The van der Waals surface area contributed by atoms with Crippen molar-refractivity contribution in [2.75, 3.05) is 5.32 Å². The lowest BCUT2D eigenvalue weighted by Crippen LogP contribution is -2.02. The molecule has 0 aliphatic rings. The predicted molar refractivity (Wildman–Crippen MR) is 76.7 cm³/mol. The maximum atomic E-state index is 8.97. The molecule has 3 heteroatoms. The van der Waals surface area contributed by atoms with Crippen molar-refractivity contribution in [1.82, 2.24) is 4.98 Å². The number of rotatable bonds is 5. The van der Waals surface area contributed by atoms with Gasteiger partial charge in [0.15, 0.2) is 0 Å². The molecule has 96 valence electrons. The highest BCUT2D eigenvalue weighted by molar-refractivity contribution is 5.46. The molecule has 0 aliphatic heterocycles. The van der Waals surface area contributed by atoms with E-state index in [0.717, 1.165) is 24.1 Å². The van der Waals surface area contributed by atoms with Crippen LogP contribution in [-0.4, -0.2) is 4.98 Å². The largest absolute Gasteiger partial charge is 0.381 e. The fourth-order valence-corrected chi connectivity index (χ4v) is 1.96. The van der Waals surface area contributed by atoms with E-state index in [0.29, 0.717) is 12.2 Å². The zero-order valence-corrected chi connectivity index (χ0v) is 11.1. The number of nitrogens with one attached hydrogen (secondary N) is 1. The summed E-state index contributed by atoms with van der Waals surface area (Å²) in [5, 5.41) is 12.3. The first-order valence-corrected chi connectivity index (χ1v) is 6.50. The summed E-state index contributed by atoms with van der Waals surface area (Å²) in [6.07, 6.45) is 3.91. The number of nitrogens with zero attached hydrogens (tertiary/aromatic N) is 2. The third-order valence-corrected chi connectivity index (χ3v) is 2.97. The van der Waals surface area contributed by atoms with E-state index in [-0.39, 0.29) is 0 Å². The highest BCUT2D eigenvalue weighted by atomic mass is 14.9. The van der Waals surface area contributed by atoms with E-state index in [2.05, 4.69) is 47.6 Å². The Morgan fingerprint density at radius 2 is 2.00 bits per heavy atom. The molecule has 1 heterocycles. The van der Waals surface area contributed by atoms with Crippen molar-refractivity contribution in [3.63, 3.8) is 0 Å². The second kappa shape index (κ2) is 6.55. The molecule has 0 amide bonds. The number of hydrogen-bond donors (Lipinski definition) is 1. The van der Waals surface area contributed by atoms with Gasteiger partial charge in [-0.15, -0.1) is 0 Å². The number of aromatic nitrogens is 1. The summed E-state index contributed by atoms with van der Waals surface area (Å²) in [6, 6.07) is 14.3. The fraction of sp³-hybridized carbons (Fsp3) is 0.250. The van der Waals surface area contributed by atoms with Crippen LogP contribution in [-0.2, 0) is 13.0 Å². The third-order valence-electron chi connectivity index (χ3n) is 2.97. The van der Waals surface area contributed by atoms with E-state index in [1.165, 1.54) is 5.56 Å². The van der Waals surface area contributed by atoms with Crippen LogP contribution < -0.4 is 5.32 Å². The zero-order valence-electron chi connectivity index (χ0n) is 11.1. The Morgan fingerprint density at radius 3 is 2.68 bits per heavy atom. The lowest BCUT2D eigenvalue weighted by atomic mass is 10.1. The van der Waals surface area contributed by atoms with Crippen molar-refractivity contribution in [2.24, 2.45) is 0 Å². The van der Waals surface area contributed by atoms with Crippen LogP contribution in [0, 0.1) is 11.3 Å². The first kappa shape index (κ1) is 13.1. The third kappa shape index (κ3) is 3.56. The number of benzene rings is 1. The Bertz CT molecular complexity index is 567. The van der Waals surface area contributed by atoms with Crippen molar-refractivity contribution in [3.8, 4) is 6.07 Å². The van der Waals surface area contributed by atoms with Gasteiger partial charge >= 0.3 is 0 Å². The van der Waals surface area contributed by atoms with Crippen LogP contribution in [0.15, 0.2) is 42.6 Å². The molecule has 19 heavy (non-hydrogen) atoms. The van der Waals surface area contributed by atoms with Gasteiger partial charge in [0.25, 0.3) is 0 Å². The number of hydrogen-bond acceptors (Lipinski definition) is 3. The van der Waals surface area contributed by atoms with Gasteiger partial charge in [-0.1, -0.05) is 31.5 Å². The van der Waals surface area contributed by atoms with Gasteiger partial charge in [0.2, 0.25) is 0 Å². The van der Waals surface area contributed by atoms with Gasteiger partial charge < -0.3 is 5.32 Å². The van der Waals surface area contributed by atoms with Crippen molar-refractivity contribution in [1.29, 1.82) is 5.26 Å². The standard InChI is InChI=1S/C16H17N3/c1-2-4-13-6-8-15(9-7-13)19-12-14-5-3-10-18-16(14)11-17/h3,5-10,19H,2,4,12H2,1H3. The van der Waals surface area contributed by atoms with Crippen LogP contribution in [0.4, 0.5) is 5.69 Å². The highest BCUT2D eigenvalue weighted by Crippen LogP contribution is 2.13. The minimum atomic E-state index is 0.484. The molecular formula is C16H17N3. The van der Waals surface area contributed by atoms with Crippen LogP contribution in [0.3, 0.4) is 0 Å². The van der Waals surface area contributed by atoms with Crippen molar-refractivity contribution in [3.05, 3.63) is 59.4 Å². The molecule has 2 rings (SSSR count). The van der Waals surface area contributed by atoms with E-state index in [4.69, 9.17) is 5.26 Å². The van der Waals surface area contributed by atoms with Gasteiger partial charge in [-0.2, -0.15) is 5.26 Å². The summed E-state index contributed by atoms with van der Waals surface area (Å²) in [7, 11) is 0. The van der Waals surface area contributed by atoms with Crippen LogP contribution >= 0.6 is 0 Å². The maximum absolute atomic E-state index is 8.97. The number of nitriles is 1. The van der Waals surface area contributed by atoms with Gasteiger partial charge in [-0.3, -0.25) is 0 Å². The molecule has 1 aromatic heterocycles. The lowest BCUT2D eigenvalue weighted by Gasteiger charge is -2.08. The van der Waals surface area contributed by atoms with Gasteiger partial charge in [-0.25, -0.2) is 4.98 Å². The van der Waals surface area contributed by atoms with Crippen molar-refractivity contribution in [2.45, 2.75) is 26.3 Å². The predicted octanol–water partition coefficient (Wildman–Crippen LogP) is 3.52. The van der Waals surface area contributed by atoms with Gasteiger partial charge in [0.1, 0.15) is 11.8 Å². The van der Waals surface area contributed by atoms with E-state index < -0.39 is 0 Å². The molecule has 0 saturated heterocycles. The normalized spacial score (nSPS) is 9.89. The SMILES string of the molecule is CCCc1ccc(NCc2cccnc2C#N)cc1. The second-order valence-corrected chi connectivity index (χ2v) is 4.42. The van der Waals surface area contributed by atoms with E-state index in [1.807, 2.05) is 12.1 Å². The van der Waals surface area contributed by atoms with Crippen LogP contribution in [0.2, 0.25) is 0 Å². The molecule has 0 aliphatic carbocycles. The van der Waals surface area contributed by atoms with Crippen LogP contribution in [0.1, 0.15) is 30.2 Å². The summed E-state index contributed by atoms with van der Waals surface area (Å²) in [6.45, 7) is 2.79. The molecule has 1 aromatic carbocycles. The summed E-state index contributed by atoms with van der Waals surface area (Å²) < 4.78 is 0. The molecular weight excluding hydrogens is 234 g/mol. The summed E-state index contributed by atoms with van der Waals surface area (Å²) in [5.74, 6) is 0. The number of pyridine rings is 1. The molecule has 0 spiro atoms. The molecule has 0 unspecified atom stereocenters. The highest BCUT2D eigenvalue weighted by Gasteiger charge is 2.01. The lowest BCUT2D eigenvalue weighted by molar-refractivity contribution is 0.922. The molecule has 0 fully saturated rings. The zero-order chi connectivity index (χ0) is 13.5. The minimum absolute atomic E-state index is 0.484. The first-order valence-electron chi connectivity index (χ1n) is 6.50. The number of aryl methyl sites for hydroxylation is 1. The van der Waals surface area contributed by atoms with Crippen molar-refractivity contribution < 1.29 is 0 Å². The Kier molecular flexibility index (Phi) is 4.52. The monoisotopic (exact) mass is 251 g/mol. The molecule has 3 nitrogen and oxygen atoms in total. The first-order chi connectivity index (χ1) is 9.33. The topological polar surface area (TPSA) is 48.7 Å². The van der Waals surface area contributed by atoms with Crippen LogP contribution in [0.25, 0.3) is 0 Å². The molecule has 0 radical (unpaired) electrons. The van der Waals surface area contributed by atoms with E-state index in [1.54, 1.807) is 6.20 Å². The van der Waals surface area contributed by atoms with Gasteiger partial charge in [0.05, 0.1) is 0 Å². The molecule has 2 aromatic rings. The molecule has 0 atom stereocenters. The maximum Gasteiger partial charge on any atom is 0.145 e. The Labute approximate surface area is 113 Å². The van der Waals surface area contributed by atoms with Gasteiger partial charge in [-0.05, 0) is 30.2 Å². The minimum Gasteiger partial charge on any atom is -0.381 e. The average Bonchev–Trinajstić information content (AvgIpc) is 2.47. The van der Waals surface area contributed by atoms with Crippen LogP contribution in [0.5, 0.6) is 0 Å². The molecule has 0 bridgehead atoms. The summed E-state index contributed by atoms with van der Waals surface area (Å²) in [4.78, 5) is 4.05. The smallest absolute Gasteiger partial charge is 0.145 e. The van der Waals surface area contributed by atoms with Gasteiger partial charge in [0, 0.05) is 24.0 Å². The Balaban J connectivity index is 2.00. The Hall–Kier alpha value is -2.34. The average molecular weight is 251 g/mol. The second-order valence-electron chi connectivity index (χ2n) is 4.42. The van der Waals surface area contributed by atoms with E-state index >= 15 is 0 Å².